The quantitative estimate of drug-likeness (QED) is 0.428. The molecule has 1 atom stereocenters. The van der Waals surface area contributed by atoms with Gasteiger partial charge in [-0.1, -0.05) is 11.8 Å². The molecule has 7 nitrogen and oxygen atoms in total. The predicted octanol–water partition coefficient (Wildman–Crippen LogP) is 2.28. The molecular formula is C18H23N3O4S2. The van der Waals surface area contributed by atoms with Crippen LogP contribution in [0, 0.1) is 5.92 Å². The third kappa shape index (κ3) is 4.19. The summed E-state index contributed by atoms with van der Waals surface area (Å²) in [5, 5.41) is 2.62. The van der Waals surface area contributed by atoms with E-state index in [0.29, 0.717) is 47.9 Å². The topological polar surface area (TPSA) is 81.5 Å². The van der Waals surface area contributed by atoms with Gasteiger partial charge in [0.25, 0.3) is 5.56 Å². The van der Waals surface area contributed by atoms with E-state index >= 15 is 0 Å². The molecule has 1 unspecified atom stereocenters. The van der Waals surface area contributed by atoms with E-state index in [1.165, 1.54) is 27.7 Å². The summed E-state index contributed by atoms with van der Waals surface area (Å²) in [7, 11) is 1.68. The number of carbonyl (C=O) groups is 2. The van der Waals surface area contributed by atoms with Gasteiger partial charge in [0.15, 0.2) is 5.16 Å². The van der Waals surface area contributed by atoms with Crippen molar-refractivity contribution in [2.75, 3.05) is 19.7 Å². The Hall–Kier alpha value is -1.87. The molecule has 1 aliphatic heterocycles. The fraction of sp³-hybridized carbons (Fsp3) is 0.556. The Labute approximate surface area is 165 Å². The normalized spacial score (nSPS) is 16.5. The zero-order valence-electron chi connectivity index (χ0n) is 15.6. The predicted molar refractivity (Wildman–Crippen MR) is 106 cm³/mol. The molecule has 2 aromatic rings. The molecule has 0 radical (unpaired) electrons. The maximum atomic E-state index is 12.8. The van der Waals surface area contributed by atoms with Crippen LogP contribution in [0.3, 0.4) is 0 Å². The minimum Gasteiger partial charge on any atom is -0.466 e. The van der Waals surface area contributed by atoms with E-state index in [0.717, 1.165) is 0 Å². The third-order valence-corrected chi connectivity index (χ3v) is 6.66. The van der Waals surface area contributed by atoms with Crippen molar-refractivity contribution in [2.45, 2.75) is 37.1 Å². The SMILES string of the molecule is CCOC(=O)C1CCN(C(=O)C(C)Sc2nc3sccc3c(=O)n2C)CC1. The van der Waals surface area contributed by atoms with E-state index < -0.39 is 0 Å². The number of rotatable bonds is 5. The van der Waals surface area contributed by atoms with E-state index in [-0.39, 0.29) is 28.6 Å². The molecular weight excluding hydrogens is 386 g/mol. The van der Waals surface area contributed by atoms with Gasteiger partial charge in [-0.2, -0.15) is 0 Å². The summed E-state index contributed by atoms with van der Waals surface area (Å²) in [6, 6.07) is 1.77. The molecule has 0 N–H and O–H groups in total. The van der Waals surface area contributed by atoms with Crippen LogP contribution in [0.5, 0.6) is 0 Å². The number of thiophene rings is 1. The van der Waals surface area contributed by atoms with Crippen molar-refractivity contribution in [1.29, 1.82) is 0 Å². The van der Waals surface area contributed by atoms with Gasteiger partial charge in [-0.3, -0.25) is 19.0 Å². The van der Waals surface area contributed by atoms with E-state index in [2.05, 4.69) is 4.98 Å². The van der Waals surface area contributed by atoms with Crippen molar-refractivity contribution >= 4 is 45.2 Å². The van der Waals surface area contributed by atoms with E-state index in [1.807, 2.05) is 12.3 Å². The molecule has 9 heteroatoms. The Bertz CT molecular complexity index is 900. The lowest BCUT2D eigenvalue weighted by Crippen LogP contribution is -2.43. The summed E-state index contributed by atoms with van der Waals surface area (Å²) in [5.41, 5.74) is -0.0985. The van der Waals surface area contributed by atoms with Crippen molar-refractivity contribution < 1.29 is 14.3 Å². The lowest BCUT2D eigenvalue weighted by Gasteiger charge is -2.32. The highest BCUT2D eigenvalue weighted by Crippen LogP contribution is 2.26. The maximum Gasteiger partial charge on any atom is 0.309 e. The number of esters is 1. The van der Waals surface area contributed by atoms with Crippen molar-refractivity contribution in [2.24, 2.45) is 13.0 Å². The summed E-state index contributed by atoms with van der Waals surface area (Å²) in [6.07, 6.45) is 1.25. The number of hydrogen-bond donors (Lipinski definition) is 0. The molecule has 0 bridgehead atoms. The molecule has 1 fully saturated rings. The number of aromatic nitrogens is 2. The maximum absolute atomic E-state index is 12.8. The van der Waals surface area contributed by atoms with Gasteiger partial charge < -0.3 is 9.64 Å². The van der Waals surface area contributed by atoms with Gasteiger partial charge in [-0.25, -0.2) is 4.98 Å². The number of carbonyl (C=O) groups excluding carboxylic acids is 2. The minimum absolute atomic E-state index is 0.00262. The molecule has 146 valence electrons. The van der Waals surface area contributed by atoms with E-state index in [1.54, 1.807) is 24.9 Å². The van der Waals surface area contributed by atoms with Crippen molar-refractivity contribution in [1.82, 2.24) is 14.5 Å². The summed E-state index contributed by atoms with van der Waals surface area (Å²) in [5.74, 6) is -0.293. The Kier molecular flexibility index (Phi) is 6.21. The van der Waals surface area contributed by atoms with Crippen molar-refractivity contribution in [3.05, 3.63) is 21.8 Å². The van der Waals surface area contributed by atoms with Crippen LogP contribution >= 0.6 is 23.1 Å². The zero-order valence-corrected chi connectivity index (χ0v) is 17.3. The van der Waals surface area contributed by atoms with Gasteiger partial charge >= 0.3 is 5.97 Å². The number of nitrogens with zero attached hydrogens (tertiary/aromatic N) is 3. The van der Waals surface area contributed by atoms with Gasteiger partial charge in [0, 0.05) is 20.1 Å². The largest absolute Gasteiger partial charge is 0.466 e. The molecule has 0 spiro atoms. The standard InChI is InChI=1S/C18H23N3O4S2/c1-4-25-17(24)12-5-8-21(9-6-12)15(22)11(2)27-18-19-14-13(7-10-26-14)16(23)20(18)3/h7,10-12H,4-6,8-9H2,1-3H3. The lowest BCUT2D eigenvalue weighted by atomic mass is 9.97. The van der Waals surface area contributed by atoms with Gasteiger partial charge in [0.1, 0.15) is 4.83 Å². The number of ether oxygens (including phenoxy) is 1. The molecule has 0 saturated carbocycles. The molecule has 0 aliphatic carbocycles. The number of piperidine rings is 1. The van der Waals surface area contributed by atoms with Crippen LogP contribution in [-0.4, -0.2) is 51.3 Å². The molecule has 27 heavy (non-hydrogen) atoms. The number of hydrogen-bond acceptors (Lipinski definition) is 7. The fourth-order valence-corrected chi connectivity index (χ4v) is 4.91. The first-order valence-corrected chi connectivity index (χ1v) is 10.7. The van der Waals surface area contributed by atoms with Gasteiger partial charge in [-0.15, -0.1) is 11.3 Å². The molecule has 1 aliphatic rings. The van der Waals surface area contributed by atoms with Crippen LogP contribution in [0.2, 0.25) is 0 Å². The van der Waals surface area contributed by atoms with Crippen LogP contribution < -0.4 is 5.56 Å². The first-order valence-electron chi connectivity index (χ1n) is 8.98. The molecule has 3 rings (SSSR count). The zero-order chi connectivity index (χ0) is 19.6. The van der Waals surface area contributed by atoms with Crippen LogP contribution in [0.4, 0.5) is 0 Å². The van der Waals surface area contributed by atoms with Crippen LogP contribution in [0.15, 0.2) is 21.4 Å². The van der Waals surface area contributed by atoms with Crippen LogP contribution in [0.25, 0.3) is 10.2 Å². The van der Waals surface area contributed by atoms with Crippen LogP contribution in [0.1, 0.15) is 26.7 Å². The molecule has 1 saturated heterocycles. The third-order valence-electron chi connectivity index (χ3n) is 4.72. The van der Waals surface area contributed by atoms with Crippen molar-refractivity contribution in [3.63, 3.8) is 0 Å². The summed E-state index contributed by atoms with van der Waals surface area (Å²) in [4.78, 5) is 44.0. The Balaban J connectivity index is 1.64. The summed E-state index contributed by atoms with van der Waals surface area (Å²) < 4.78 is 6.57. The Morgan fingerprint density at radius 1 is 1.41 bits per heavy atom. The molecule has 0 aromatic carbocycles. The van der Waals surface area contributed by atoms with E-state index in [4.69, 9.17) is 4.74 Å². The highest BCUT2D eigenvalue weighted by molar-refractivity contribution is 8.00. The first kappa shape index (κ1) is 19.9. The van der Waals surface area contributed by atoms with Crippen molar-refractivity contribution in [3.8, 4) is 0 Å². The summed E-state index contributed by atoms with van der Waals surface area (Å²) >= 11 is 2.71. The molecule has 2 aromatic heterocycles. The second-order valence-electron chi connectivity index (χ2n) is 6.51. The number of fused-ring (bicyclic) bond motifs is 1. The van der Waals surface area contributed by atoms with Gasteiger partial charge in [-0.05, 0) is 38.1 Å². The molecule has 3 heterocycles. The average molecular weight is 410 g/mol. The number of likely N-dealkylation sites (tertiary alicyclic amines) is 1. The fourth-order valence-electron chi connectivity index (χ4n) is 3.15. The first-order chi connectivity index (χ1) is 12.9. The highest BCUT2D eigenvalue weighted by Gasteiger charge is 2.30. The average Bonchev–Trinajstić information content (AvgIpc) is 3.14. The molecule has 1 amide bonds. The Morgan fingerprint density at radius 3 is 2.78 bits per heavy atom. The lowest BCUT2D eigenvalue weighted by molar-refractivity contribution is -0.151. The number of thioether (sulfide) groups is 1. The second kappa shape index (κ2) is 8.43. The Morgan fingerprint density at radius 2 is 2.11 bits per heavy atom. The summed E-state index contributed by atoms with van der Waals surface area (Å²) in [6.45, 7) is 5.10. The highest BCUT2D eigenvalue weighted by atomic mass is 32.2. The smallest absolute Gasteiger partial charge is 0.309 e. The second-order valence-corrected chi connectivity index (χ2v) is 8.71. The minimum atomic E-state index is -0.361. The van der Waals surface area contributed by atoms with E-state index in [9.17, 15) is 14.4 Å². The monoisotopic (exact) mass is 409 g/mol. The van der Waals surface area contributed by atoms with Crippen LogP contribution in [-0.2, 0) is 21.4 Å². The number of amides is 1. The van der Waals surface area contributed by atoms with Gasteiger partial charge in [0.2, 0.25) is 5.91 Å². The van der Waals surface area contributed by atoms with Gasteiger partial charge in [0.05, 0.1) is 23.2 Å².